The molecule has 19 heavy (non-hydrogen) atoms. The summed E-state index contributed by atoms with van der Waals surface area (Å²) in [5, 5.41) is 13.3. The van der Waals surface area contributed by atoms with Crippen LogP contribution in [0.4, 0.5) is 0 Å². The van der Waals surface area contributed by atoms with Crippen molar-refractivity contribution in [1.29, 1.82) is 0 Å². The molecule has 1 aromatic carbocycles. The molecular formula is C16H26N2O. The van der Waals surface area contributed by atoms with Crippen molar-refractivity contribution in [1.82, 2.24) is 10.2 Å². The second-order valence-corrected chi connectivity index (χ2v) is 5.65. The van der Waals surface area contributed by atoms with E-state index >= 15 is 0 Å². The average molecular weight is 262 g/mol. The zero-order valence-corrected chi connectivity index (χ0v) is 12.2. The third-order valence-corrected chi connectivity index (χ3v) is 4.35. The van der Waals surface area contributed by atoms with Gasteiger partial charge in [0.15, 0.2) is 0 Å². The van der Waals surface area contributed by atoms with Gasteiger partial charge in [-0.3, -0.25) is 4.90 Å². The Morgan fingerprint density at radius 1 is 1.32 bits per heavy atom. The predicted octanol–water partition coefficient (Wildman–Crippen LogP) is 2.75. The number of hydrogen-bond donors (Lipinski definition) is 2. The van der Waals surface area contributed by atoms with Crippen molar-refractivity contribution in [2.75, 3.05) is 19.6 Å². The van der Waals surface area contributed by atoms with Gasteiger partial charge in [0, 0.05) is 18.6 Å². The Balaban J connectivity index is 2.06. The fourth-order valence-electron chi connectivity index (χ4n) is 2.99. The minimum absolute atomic E-state index is 0.257. The Labute approximate surface area is 116 Å². The van der Waals surface area contributed by atoms with Crippen LogP contribution in [0.1, 0.15) is 38.7 Å². The maximum Gasteiger partial charge on any atom is 0.115 e. The number of benzene rings is 1. The highest BCUT2D eigenvalue weighted by Crippen LogP contribution is 2.22. The van der Waals surface area contributed by atoms with Gasteiger partial charge >= 0.3 is 0 Å². The van der Waals surface area contributed by atoms with Crippen LogP contribution >= 0.6 is 0 Å². The molecule has 1 aliphatic rings. The maximum atomic E-state index is 9.56. The smallest absolute Gasteiger partial charge is 0.115 e. The molecule has 0 aliphatic carbocycles. The summed E-state index contributed by atoms with van der Waals surface area (Å²) in [6.45, 7) is 8.80. The molecule has 1 aromatic rings. The van der Waals surface area contributed by atoms with Crippen LogP contribution in [0.2, 0.25) is 0 Å². The van der Waals surface area contributed by atoms with E-state index in [4.69, 9.17) is 0 Å². The van der Waals surface area contributed by atoms with Crippen molar-refractivity contribution in [2.45, 2.75) is 45.2 Å². The third-order valence-electron chi connectivity index (χ3n) is 4.35. The molecule has 0 atom stereocenters. The van der Waals surface area contributed by atoms with E-state index in [-0.39, 0.29) is 5.54 Å². The molecule has 3 heteroatoms. The van der Waals surface area contributed by atoms with Crippen LogP contribution < -0.4 is 5.32 Å². The highest BCUT2D eigenvalue weighted by atomic mass is 16.3. The first-order valence-electron chi connectivity index (χ1n) is 7.43. The summed E-state index contributed by atoms with van der Waals surface area (Å²) >= 11 is 0. The fraction of sp³-hybridized carbons (Fsp3) is 0.625. The molecule has 1 heterocycles. The number of nitrogens with zero attached hydrogens (tertiary/aromatic N) is 1. The standard InChI is InChI=1S/C16H26N2O/c1-3-16(4-2)13-18(10-6-9-17-16)12-14-7-5-8-15(19)11-14/h5,7-8,11,17,19H,3-4,6,9-10,12-13H2,1-2H3. The second-order valence-electron chi connectivity index (χ2n) is 5.65. The van der Waals surface area contributed by atoms with Gasteiger partial charge in [0.05, 0.1) is 0 Å². The van der Waals surface area contributed by atoms with E-state index in [2.05, 4.69) is 30.1 Å². The van der Waals surface area contributed by atoms with Crippen LogP contribution in [0.25, 0.3) is 0 Å². The number of phenols is 1. The van der Waals surface area contributed by atoms with Gasteiger partial charge in [-0.15, -0.1) is 0 Å². The van der Waals surface area contributed by atoms with Crippen LogP contribution in [-0.4, -0.2) is 35.2 Å². The van der Waals surface area contributed by atoms with E-state index in [1.165, 1.54) is 24.8 Å². The van der Waals surface area contributed by atoms with Gasteiger partial charge in [0.2, 0.25) is 0 Å². The van der Waals surface area contributed by atoms with Crippen LogP contribution in [-0.2, 0) is 6.54 Å². The zero-order chi connectivity index (χ0) is 13.7. The molecular weight excluding hydrogens is 236 g/mol. The molecule has 0 spiro atoms. The zero-order valence-electron chi connectivity index (χ0n) is 12.2. The Morgan fingerprint density at radius 3 is 2.79 bits per heavy atom. The van der Waals surface area contributed by atoms with Gasteiger partial charge in [0.25, 0.3) is 0 Å². The number of nitrogens with one attached hydrogen (secondary N) is 1. The first-order valence-corrected chi connectivity index (χ1v) is 7.43. The number of phenolic OH excluding ortho intramolecular Hbond substituents is 1. The van der Waals surface area contributed by atoms with E-state index in [0.717, 1.165) is 26.2 Å². The number of hydrogen-bond acceptors (Lipinski definition) is 3. The largest absolute Gasteiger partial charge is 0.508 e. The minimum Gasteiger partial charge on any atom is -0.508 e. The fourth-order valence-corrected chi connectivity index (χ4v) is 2.99. The van der Waals surface area contributed by atoms with Gasteiger partial charge in [0.1, 0.15) is 5.75 Å². The van der Waals surface area contributed by atoms with Crippen LogP contribution in [0.5, 0.6) is 5.75 Å². The lowest BCUT2D eigenvalue weighted by atomic mass is 9.92. The molecule has 1 saturated heterocycles. The first-order chi connectivity index (χ1) is 9.17. The first kappa shape index (κ1) is 14.4. The summed E-state index contributed by atoms with van der Waals surface area (Å²) in [5.41, 5.74) is 1.45. The molecule has 106 valence electrons. The summed E-state index contributed by atoms with van der Waals surface area (Å²) in [6, 6.07) is 7.62. The quantitative estimate of drug-likeness (QED) is 0.876. The van der Waals surface area contributed by atoms with Gasteiger partial charge in [-0.2, -0.15) is 0 Å². The lowest BCUT2D eigenvalue weighted by Gasteiger charge is -2.35. The maximum absolute atomic E-state index is 9.56. The lowest BCUT2D eigenvalue weighted by Crippen LogP contribution is -2.50. The van der Waals surface area contributed by atoms with Crippen molar-refractivity contribution < 1.29 is 5.11 Å². The summed E-state index contributed by atoms with van der Waals surface area (Å²) in [7, 11) is 0. The SMILES string of the molecule is CCC1(CC)CN(Cc2cccc(O)c2)CCCN1. The summed E-state index contributed by atoms with van der Waals surface area (Å²) in [5.74, 6) is 0.364. The van der Waals surface area contributed by atoms with E-state index in [9.17, 15) is 5.11 Å². The molecule has 1 aliphatic heterocycles. The Bertz CT molecular complexity index is 401. The Kier molecular flexibility index (Phi) is 4.83. The predicted molar refractivity (Wildman–Crippen MR) is 79.3 cm³/mol. The van der Waals surface area contributed by atoms with Crippen molar-refractivity contribution in [3.8, 4) is 5.75 Å². The van der Waals surface area contributed by atoms with Crippen LogP contribution in [0.15, 0.2) is 24.3 Å². The Hall–Kier alpha value is -1.06. The van der Waals surface area contributed by atoms with Crippen molar-refractivity contribution in [2.24, 2.45) is 0 Å². The van der Waals surface area contributed by atoms with Crippen molar-refractivity contribution in [3.05, 3.63) is 29.8 Å². The number of rotatable bonds is 4. The molecule has 0 amide bonds. The molecule has 3 nitrogen and oxygen atoms in total. The molecule has 1 fully saturated rings. The second kappa shape index (κ2) is 6.40. The van der Waals surface area contributed by atoms with E-state index in [0.29, 0.717) is 5.75 Å². The van der Waals surface area contributed by atoms with E-state index in [1.807, 2.05) is 12.1 Å². The Morgan fingerprint density at radius 2 is 2.11 bits per heavy atom. The molecule has 0 saturated carbocycles. The number of aromatic hydroxyl groups is 1. The molecule has 0 bridgehead atoms. The van der Waals surface area contributed by atoms with Crippen molar-refractivity contribution in [3.63, 3.8) is 0 Å². The minimum atomic E-state index is 0.257. The summed E-state index contributed by atoms with van der Waals surface area (Å²) in [6.07, 6.45) is 3.53. The van der Waals surface area contributed by atoms with E-state index in [1.54, 1.807) is 6.07 Å². The normalized spacial score (nSPS) is 20.1. The molecule has 2 rings (SSSR count). The molecule has 0 unspecified atom stereocenters. The monoisotopic (exact) mass is 262 g/mol. The molecule has 0 aromatic heterocycles. The van der Waals surface area contributed by atoms with Gasteiger partial charge in [-0.25, -0.2) is 0 Å². The molecule has 2 N–H and O–H groups in total. The molecule has 0 radical (unpaired) electrons. The van der Waals surface area contributed by atoms with Gasteiger partial charge < -0.3 is 10.4 Å². The third kappa shape index (κ3) is 3.71. The topological polar surface area (TPSA) is 35.5 Å². The van der Waals surface area contributed by atoms with Gasteiger partial charge in [-0.1, -0.05) is 26.0 Å². The summed E-state index contributed by atoms with van der Waals surface area (Å²) < 4.78 is 0. The average Bonchev–Trinajstić information content (AvgIpc) is 2.62. The lowest BCUT2D eigenvalue weighted by molar-refractivity contribution is 0.191. The van der Waals surface area contributed by atoms with Crippen molar-refractivity contribution >= 4 is 0 Å². The van der Waals surface area contributed by atoms with E-state index < -0.39 is 0 Å². The summed E-state index contributed by atoms with van der Waals surface area (Å²) in [4.78, 5) is 2.52. The van der Waals surface area contributed by atoms with Crippen LogP contribution in [0, 0.1) is 0 Å². The van der Waals surface area contributed by atoms with Crippen LogP contribution in [0.3, 0.4) is 0 Å². The highest BCUT2D eigenvalue weighted by molar-refractivity contribution is 5.27. The van der Waals surface area contributed by atoms with Gasteiger partial charge in [-0.05, 0) is 50.0 Å². The highest BCUT2D eigenvalue weighted by Gasteiger charge is 2.30.